The fourth-order valence-corrected chi connectivity index (χ4v) is 3.05. The van der Waals surface area contributed by atoms with Crippen molar-refractivity contribution in [2.24, 2.45) is 4.99 Å². The Kier molecular flexibility index (Phi) is 3.05. The molecule has 0 atom stereocenters. The van der Waals surface area contributed by atoms with Gasteiger partial charge < -0.3 is 9.47 Å². The van der Waals surface area contributed by atoms with Gasteiger partial charge in [-0.25, -0.2) is 4.99 Å². The van der Waals surface area contributed by atoms with Crippen LogP contribution in [0.5, 0.6) is 11.5 Å². The topological polar surface area (TPSA) is 30.8 Å². The lowest BCUT2D eigenvalue weighted by Crippen LogP contribution is -2.24. The summed E-state index contributed by atoms with van der Waals surface area (Å²) >= 11 is 3.58. The molecule has 0 aliphatic carbocycles. The Hall–Kier alpha value is -1.81. The first-order valence-electron chi connectivity index (χ1n) is 6.20. The summed E-state index contributed by atoms with van der Waals surface area (Å²) in [4.78, 5) is 4.71. The summed E-state index contributed by atoms with van der Waals surface area (Å²) in [6, 6.07) is 5.92. The van der Waals surface area contributed by atoms with Gasteiger partial charge in [-0.3, -0.25) is 0 Å². The van der Waals surface area contributed by atoms with E-state index in [1.807, 2.05) is 18.2 Å². The molecule has 1 heterocycles. The van der Waals surface area contributed by atoms with Crippen molar-refractivity contribution in [2.45, 2.75) is 6.92 Å². The van der Waals surface area contributed by atoms with Crippen LogP contribution in [-0.2, 0) is 0 Å². The van der Waals surface area contributed by atoms with Crippen LogP contribution in [0, 0.1) is 6.92 Å². The Labute approximate surface area is 125 Å². The molecule has 1 aliphatic rings. The predicted molar refractivity (Wildman–Crippen MR) is 83.4 cm³/mol. The van der Waals surface area contributed by atoms with Crippen LogP contribution >= 0.6 is 15.9 Å². The first-order valence-corrected chi connectivity index (χ1v) is 7.00. The average molecular weight is 332 g/mol. The van der Waals surface area contributed by atoms with Crippen LogP contribution in [0.4, 0.5) is 5.69 Å². The minimum absolute atomic E-state index is 0.663. The van der Waals surface area contributed by atoms with Gasteiger partial charge in [-0.05, 0) is 35.9 Å². The average Bonchev–Trinajstić information content (AvgIpc) is 2.83. The third kappa shape index (κ3) is 1.68. The lowest BCUT2D eigenvalue weighted by molar-refractivity contribution is 0.356. The summed E-state index contributed by atoms with van der Waals surface area (Å²) in [5.74, 6) is 1.35. The van der Waals surface area contributed by atoms with Gasteiger partial charge in [-0.1, -0.05) is 22.5 Å². The van der Waals surface area contributed by atoms with Crippen LogP contribution in [0.3, 0.4) is 0 Å². The quantitative estimate of drug-likeness (QED) is 0.722. The predicted octanol–water partition coefficient (Wildman–Crippen LogP) is 3.12. The second kappa shape index (κ2) is 4.63. The van der Waals surface area contributed by atoms with E-state index in [1.54, 1.807) is 14.2 Å². The molecule has 102 valence electrons. The van der Waals surface area contributed by atoms with Gasteiger partial charge in [-0.15, -0.1) is 0 Å². The van der Waals surface area contributed by atoms with Crippen LogP contribution in [0.1, 0.15) is 5.56 Å². The Morgan fingerprint density at radius 3 is 2.60 bits per heavy atom. The number of benzene rings is 2. The van der Waals surface area contributed by atoms with E-state index in [0.29, 0.717) is 11.5 Å². The fourth-order valence-electron chi connectivity index (χ4n) is 2.58. The van der Waals surface area contributed by atoms with Gasteiger partial charge in [0.1, 0.15) is 5.69 Å². The number of nitrogens with zero attached hydrogens (tertiary/aromatic N) is 1. The summed E-state index contributed by atoms with van der Waals surface area (Å²) in [7, 11) is 3.26. The maximum Gasteiger partial charge on any atom is 0.187 e. The van der Waals surface area contributed by atoms with E-state index in [2.05, 4.69) is 29.4 Å². The maximum atomic E-state index is 5.47. The van der Waals surface area contributed by atoms with Crippen molar-refractivity contribution in [1.82, 2.24) is 0 Å². The Bertz CT molecular complexity index is 828. The summed E-state index contributed by atoms with van der Waals surface area (Å²) in [5.41, 5.74) is 4.14. The molecule has 3 nitrogen and oxygen atoms in total. The van der Waals surface area contributed by atoms with Crippen molar-refractivity contribution in [1.29, 1.82) is 0 Å². The Morgan fingerprint density at radius 2 is 1.95 bits per heavy atom. The van der Waals surface area contributed by atoms with Crippen molar-refractivity contribution < 1.29 is 9.47 Å². The molecule has 4 heteroatoms. The molecule has 0 radical (unpaired) electrons. The molecule has 0 fully saturated rings. The van der Waals surface area contributed by atoms with Crippen LogP contribution in [-0.4, -0.2) is 14.2 Å². The van der Waals surface area contributed by atoms with Crippen LogP contribution in [0.15, 0.2) is 27.7 Å². The first-order chi connectivity index (χ1) is 9.58. The van der Waals surface area contributed by atoms with E-state index in [-0.39, 0.29) is 0 Å². The highest BCUT2D eigenvalue weighted by atomic mass is 79.9. The molecule has 0 unspecified atom stereocenters. The zero-order chi connectivity index (χ0) is 14.4. The number of halogens is 1. The monoisotopic (exact) mass is 331 g/mol. The van der Waals surface area contributed by atoms with E-state index in [1.165, 1.54) is 0 Å². The van der Waals surface area contributed by atoms with Gasteiger partial charge in [0.15, 0.2) is 11.5 Å². The molecule has 0 N–H and O–H groups in total. The number of methoxy groups -OCH3 is 2. The molecule has 0 amide bonds. The molecule has 0 bridgehead atoms. The smallest absolute Gasteiger partial charge is 0.187 e. The van der Waals surface area contributed by atoms with Crippen molar-refractivity contribution in [2.75, 3.05) is 14.2 Å². The maximum absolute atomic E-state index is 5.47. The van der Waals surface area contributed by atoms with Gasteiger partial charge in [0.2, 0.25) is 0 Å². The molecule has 0 saturated carbocycles. The molecule has 3 rings (SSSR count). The van der Waals surface area contributed by atoms with Gasteiger partial charge in [0.25, 0.3) is 0 Å². The molecule has 2 aromatic rings. The summed E-state index contributed by atoms with van der Waals surface area (Å²) in [6.07, 6.45) is 0. The highest BCUT2D eigenvalue weighted by Gasteiger charge is 2.23. The van der Waals surface area contributed by atoms with E-state index in [9.17, 15) is 0 Å². The van der Waals surface area contributed by atoms with Gasteiger partial charge >= 0.3 is 0 Å². The third-order valence-corrected chi connectivity index (χ3v) is 4.41. The van der Waals surface area contributed by atoms with Crippen LogP contribution in [0.2, 0.25) is 0 Å². The van der Waals surface area contributed by atoms with Crippen LogP contribution < -0.4 is 20.0 Å². The second-order valence-corrected chi connectivity index (χ2v) is 5.53. The molecule has 20 heavy (non-hydrogen) atoms. The largest absolute Gasteiger partial charge is 0.493 e. The lowest BCUT2D eigenvalue weighted by Gasteiger charge is -2.11. The van der Waals surface area contributed by atoms with Crippen molar-refractivity contribution in [3.05, 3.63) is 38.8 Å². The third-order valence-electron chi connectivity index (χ3n) is 3.59. The zero-order valence-corrected chi connectivity index (χ0v) is 13.2. The fraction of sp³-hybridized carbons (Fsp3) is 0.188. The number of ether oxygens (including phenoxy) is 2. The van der Waals surface area contributed by atoms with Crippen molar-refractivity contribution in [3.63, 3.8) is 0 Å². The molecule has 1 aliphatic heterocycles. The standard InChI is InChI=1S/C16H14BrNO2/c1-8-7-11(17)9(2)13-10-5-6-12(19-3)16(20-4)15(10)18-14(8)13/h5-7H,1H2,2-4H3. The summed E-state index contributed by atoms with van der Waals surface area (Å²) in [6.45, 7) is 6.15. The highest BCUT2D eigenvalue weighted by molar-refractivity contribution is 9.10. The first kappa shape index (κ1) is 13.2. The van der Waals surface area contributed by atoms with E-state index in [0.717, 1.165) is 37.4 Å². The molecule has 2 aromatic carbocycles. The Morgan fingerprint density at radius 1 is 1.20 bits per heavy atom. The molecule has 0 aromatic heterocycles. The van der Waals surface area contributed by atoms with Gasteiger partial charge in [0.05, 0.1) is 19.6 Å². The minimum atomic E-state index is 0.663. The zero-order valence-electron chi connectivity index (χ0n) is 11.6. The van der Waals surface area contributed by atoms with Crippen molar-refractivity contribution >= 4 is 28.2 Å². The van der Waals surface area contributed by atoms with Gasteiger partial charge in [-0.2, -0.15) is 0 Å². The summed E-state index contributed by atoms with van der Waals surface area (Å²) < 4.78 is 11.8. The SMILES string of the molecule is C=c1cc(Br)c(C)c2c1=Nc1c-2ccc(OC)c1OC. The highest BCUT2D eigenvalue weighted by Crippen LogP contribution is 2.46. The summed E-state index contributed by atoms with van der Waals surface area (Å²) in [5, 5.41) is 1.81. The molecule has 0 saturated heterocycles. The number of fused-ring (bicyclic) bond motifs is 3. The minimum Gasteiger partial charge on any atom is -0.493 e. The molecular weight excluding hydrogens is 318 g/mol. The number of hydrogen-bond acceptors (Lipinski definition) is 3. The van der Waals surface area contributed by atoms with Gasteiger partial charge in [0, 0.05) is 15.6 Å². The number of hydrogen-bond donors (Lipinski definition) is 0. The number of rotatable bonds is 2. The molecule has 0 spiro atoms. The molecular formula is C16H14BrNO2. The van der Waals surface area contributed by atoms with Crippen molar-refractivity contribution in [3.8, 4) is 22.6 Å². The van der Waals surface area contributed by atoms with E-state index < -0.39 is 0 Å². The normalized spacial score (nSPS) is 11.6. The van der Waals surface area contributed by atoms with E-state index >= 15 is 0 Å². The van der Waals surface area contributed by atoms with E-state index in [4.69, 9.17) is 14.5 Å². The second-order valence-electron chi connectivity index (χ2n) is 4.68. The lowest BCUT2D eigenvalue weighted by atomic mass is 9.99. The van der Waals surface area contributed by atoms with Crippen LogP contribution in [0.25, 0.3) is 17.7 Å². The Balaban J connectivity index is 2.44.